The number of methoxy groups -OCH3 is 1. The zero-order valence-corrected chi connectivity index (χ0v) is 12.2. The van der Waals surface area contributed by atoms with E-state index in [9.17, 15) is 9.59 Å². The molecular weight excluding hydrogens is 258 g/mol. The fourth-order valence-corrected chi connectivity index (χ4v) is 2.03. The van der Waals surface area contributed by atoms with Gasteiger partial charge in [-0.3, -0.25) is 4.79 Å². The van der Waals surface area contributed by atoms with Gasteiger partial charge in [-0.25, -0.2) is 4.79 Å². The highest BCUT2D eigenvalue weighted by molar-refractivity contribution is 6.00. The largest absolute Gasteiger partial charge is 0.465 e. The fraction of sp³-hybridized carbons (Fsp3) is 0.500. The van der Waals surface area contributed by atoms with Crippen LogP contribution in [0.4, 0.5) is 0 Å². The average molecular weight is 277 g/mol. The Morgan fingerprint density at radius 3 is 2.60 bits per heavy atom. The predicted molar refractivity (Wildman–Crippen MR) is 73.4 cm³/mol. The van der Waals surface area contributed by atoms with Gasteiger partial charge in [0, 0.05) is 19.3 Å². The smallest absolute Gasteiger partial charge is 0.339 e. The molecule has 6 heteroatoms. The highest BCUT2D eigenvalue weighted by atomic mass is 16.5. The molecule has 1 aromatic heterocycles. The Labute approximate surface area is 118 Å². The molecule has 0 radical (unpaired) electrons. The van der Waals surface area contributed by atoms with E-state index in [1.165, 1.54) is 12.0 Å². The number of carbonyl (C=O) groups is 2. The highest BCUT2D eigenvalue weighted by Crippen LogP contribution is 2.21. The van der Waals surface area contributed by atoms with Crippen molar-refractivity contribution in [2.75, 3.05) is 20.7 Å². The first-order chi connectivity index (χ1) is 9.47. The van der Waals surface area contributed by atoms with Crippen LogP contribution in [-0.2, 0) is 11.2 Å². The third kappa shape index (κ3) is 2.99. The molecule has 108 valence electrons. The maximum absolute atomic E-state index is 12.3. The summed E-state index contributed by atoms with van der Waals surface area (Å²) in [7, 11) is 2.94. The van der Waals surface area contributed by atoms with Crippen LogP contribution in [0.25, 0.3) is 0 Å². The van der Waals surface area contributed by atoms with E-state index in [1.807, 2.05) is 13.0 Å². The average Bonchev–Trinajstić information content (AvgIpc) is 2.79. The van der Waals surface area contributed by atoms with Crippen LogP contribution in [0.2, 0.25) is 0 Å². The third-order valence-electron chi connectivity index (χ3n) is 3.19. The summed E-state index contributed by atoms with van der Waals surface area (Å²) in [6.45, 7) is 3.96. The van der Waals surface area contributed by atoms with Crippen LogP contribution in [0.15, 0.2) is 0 Å². The summed E-state index contributed by atoms with van der Waals surface area (Å²) in [5.41, 5.74) is 2.07. The van der Waals surface area contributed by atoms with Crippen molar-refractivity contribution in [1.29, 1.82) is 5.26 Å². The number of carbonyl (C=O) groups excluding carboxylic acids is 2. The molecule has 0 saturated carbocycles. The Bertz CT molecular complexity index is 555. The lowest BCUT2D eigenvalue weighted by Gasteiger charge is -2.14. The van der Waals surface area contributed by atoms with Gasteiger partial charge in [0.1, 0.15) is 5.69 Å². The molecule has 0 bridgehead atoms. The Morgan fingerprint density at radius 2 is 2.10 bits per heavy atom. The first kappa shape index (κ1) is 15.8. The second-order valence-electron chi connectivity index (χ2n) is 4.46. The number of nitrogens with one attached hydrogen (secondary N) is 1. The number of nitrogens with zero attached hydrogens (tertiary/aromatic N) is 2. The van der Waals surface area contributed by atoms with Crippen LogP contribution >= 0.6 is 0 Å². The standard InChI is InChI=1S/C14H19N3O3/c1-5-10-11(14(19)20-4)9(2)12(16-10)13(18)17(3)8-6-7-15/h16H,5-6,8H2,1-4H3. The summed E-state index contributed by atoms with van der Waals surface area (Å²) in [5.74, 6) is -0.683. The molecule has 0 spiro atoms. The summed E-state index contributed by atoms with van der Waals surface area (Å²) in [6, 6.07) is 2.00. The molecule has 0 aliphatic rings. The molecule has 1 aromatic rings. The minimum atomic E-state index is -0.450. The Kier molecular flexibility index (Phi) is 5.32. The van der Waals surface area contributed by atoms with Gasteiger partial charge in [0.15, 0.2) is 0 Å². The molecule has 1 rings (SSSR count). The number of aromatic nitrogens is 1. The van der Waals surface area contributed by atoms with Crippen molar-refractivity contribution in [3.8, 4) is 6.07 Å². The van der Waals surface area contributed by atoms with Crippen molar-refractivity contribution < 1.29 is 14.3 Å². The van der Waals surface area contributed by atoms with E-state index in [4.69, 9.17) is 10.00 Å². The maximum Gasteiger partial charge on any atom is 0.339 e. The lowest BCUT2D eigenvalue weighted by Crippen LogP contribution is -2.28. The predicted octanol–water partition coefficient (Wildman–Crippen LogP) is 1.66. The second kappa shape index (κ2) is 6.75. The number of aromatic amines is 1. The number of nitriles is 1. The first-order valence-electron chi connectivity index (χ1n) is 6.40. The van der Waals surface area contributed by atoms with Crippen LogP contribution < -0.4 is 0 Å². The molecule has 0 unspecified atom stereocenters. The molecule has 20 heavy (non-hydrogen) atoms. The van der Waals surface area contributed by atoms with E-state index in [-0.39, 0.29) is 12.3 Å². The van der Waals surface area contributed by atoms with Crippen LogP contribution in [-0.4, -0.2) is 42.5 Å². The monoisotopic (exact) mass is 277 g/mol. The van der Waals surface area contributed by atoms with Gasteiger partial charge in [-0.1, -0.05) is 6.92 Å². The molecule has 1 heterocycles. The fourth-order valence-electron chi connectivity index (χ4n) is 2.03. The molecule has 1 N–H and O–H groups in total. The van der Waals surface area contributed by atoms with Crippen molar-refractivity contribution >= 4 is 11.9 Å². The zero-order chi connectivity index (χ0) is 15.3. The van der Waals surface area contributed by atoms with E-state index in [0.717, 1.165) is 0 Å². The van der Waals surface area contributed by atoms with Crippen molar-refractivity contribution in [3.63, 3.8) is 0 Å². The number of ether oxygens (including phenoxy) is 1. The van der Waals surface area contributed by atoms with E-state index in [0.29, 0.717) is 35.5 Å². The number of esters is 1. The van der Waals surface area contributed by atoms with Crippen molar-refractivity contribution in [2.45, 2.75) is 26.7 Å². The van der Waals surface area contributed by atoms with E-state index < -0.39 is 5.97 Å². The van der Waals surface area contributed by atoms with E-state index in [1.54, 1.807) is 14.0 Å². The molecule has 6 nitrogen and oxygen atoms in total. The van der Waals surface area contributed by atoms with Gasteiger partial charge in [-0.2, -0.15) is 5.26 Å². The number of aryl methyl sites for hydroxylation is 1. The quantitative estimate of drug-likeness (QED) is 0.829. The van der Waals surface area contributed by atoms with Crippen LogP contribution in [0.1, 0.15) is 45.4 Å². The zero-order valence-electron chi connectivity index (χ0n) is 12.2. The third-order valence-corrected chi connectivity index (χ3v) is 3.19. The summed E-state index contributed by atoms with van der Waals surface area (Å²) in [4.78, 5) is 28.5. The number of hydrogen-bond donors (Lipinski definition) is 1. The molecule has 0 saturated heterocycles. The van der Waals surface area contributed by atoms with Crippen molar-refractivity contribution in [2.24, 2.45) is 0 Å². The van der Waals surface area contributed by atoms with Crippen LogP contribution in [0.5, 0.6) is 0 Å². The van der Waals surface area contributed by atoms with Crippen LogP contribution in [0, 0.1) is 18.3 Å². The topological polar surface area (TPSA) is 86.2 Å². The Balaban J connectivity index is 3.14. The molecule has 0 fully saturated rings. The molecule has 1 amide bonds. The van der Waals surface area contributed by atoms with E-state index in [2.05, 4.69) is 4.98 Å². The number of rotatable bonds is 5. The highest BCUT2D eigenvalue weighted by Gasteiger charge is 2.25. The number of hydrogen-bond acceptors (Lipinski definition) is 4. The lowest BCUT2D eigenvalue weighted by molar-refractivity contribution is 0.0599. The van der Waals surface area contributed by atoms with Gasteiger partial charge in [0.2, 0.25) is 0 Å². The summed E-state index contributed by atoms with van der Waals surface area (Å²) in [5, 5.41) is 8.56. The summed E-state index contributed by atoms with van der Waals surface area (Å²) >= 11 is 0. The minimum Gasteiger partial charge on any atom is -0.465 e. The van der Waals surface area contributed by atoms with E-state index >= 15 is 0 Å². The Morgan fingerprint density at radius 1 is 1.45 bits per heavy atom. The van der Waals surface area contributed by atoms with Crippen molar-refractivity contribution in [1.82, 2.24) is 9.88 Å². The molecule has 0 aromatic carbocycles. The van der Waals surface area contributed by atoms with Gasteiger partial charge in [0.05, 0.1) is 25.2 Å². The summed E-state index contributed by atoms with van der Waals surface area (Å²) in [6.07, 6.45) is 0.868. The van der Waals surface area contributed by atoms with Crippen LogP contribution in [0.3, 0.4) is 0 Å². The minimum absolute atomic E-state index is 0.234. The number of amides is 1. The molecule has 0 aliphatic carbocycles. The maximum atomic E-state index is 12.3. The van der Waals surface area contributed by atoms with Gasteiger partial charge in [-0.15, -0.1) is 0 Å². The van der Waals surface area contributed by atoms with Gasteiger partial charge in [0.25, 0.3) is 5.91 Å². The van der Waals surface area contributed by atoms with Gasteiger partial charge in [-0.05, 0) is 18.9 Å². The van der Waals surface area contributed by atoms with Gasteiger partial charge < -0.3 is 14.6 Å². The molecule has 0 aliphatic heterocycles. The summed E-state index contributed by atoms with van der Waals surface area (Å²) < 4.78 is 4.75. The van der Waals surface area contributed by atoms with Gasteiger partial charge >= 0.3 is 5.97 Å². The SMILES string of the molecule is CCc1[nH]c(C(=O)N(C)CCC#N)c(C)c1C(=O)OC. The molecule has 0 atom stereocenters. The Hall–Kier alpha value is -2.29. The first-order valence-corrected chi connectivity index (χ1v) is 6.40. The normalized spacial score (nSPS) is 9.95. The van der Waals surface area contributed by atoms with Crippen molar-refractivity contribution in [3.05, 3.63) is 22.5 Å². The number of H-pyrrole nitrogens is 1. The lowest BCUT2D eigenvalue weighted by atomic mass is 10.1. The molecular formula is C14H19N3O3. The second-order valence-corrected chi connectivity index (χ2v) is 4.46.